The Bertz CT molecular complexity index is 519. The highest BCUT2D eigenvalue weighted by Gasteiger charge is 2.22. The molecule has 120 valence electrons. The minimum atomic E-state index is -0.159. The summed E-state index contributed by atoms with van der Waals surface area (Å²) in [5.41, 5.74) is 0.591. The van der Waals surface area contributed by atoms with Gasteiger partial charge in [-0.05, 0) is 43.1 Å². The zero-order valence-corrected chi connectivity index (χ0v) is 14.3. The van der Waals surface area contributed by atoms with Gasteiger partial charge < -0.3 is 16.0 Å². The summed E-state index contributed by atoms with van der Waals surface area (Å²) >= 11 is 3.33. The highest BCUT2D eigenvalue weighted by atomic mass is 79.9. The zero-order chi connectivity index (χ0) is 15.9. The topological polar surface area (TPSA) is 70.2 Å². The van der Waals surface area contributed by atoms with Crippen molar-refractivity contribution in [3.8, 4) is 0 Å². The maximum absolute atomic E-state index is 11.9. The van der Waals surface area contributed by atoms with E-state index >= 15 is 0 Å². The number of hydrogen-bond acceptors (Lipinski definition) is 3. The molecule has 1 aromatic carbocycles. The van der Waals surface area contributed by atoms with Crippen LogP contribution in [0.5, 0.6) is 0 Å². The van der Waals surface area contributed by atoms with Crippen LogP contribution in [0.3, 0.4) is 0 Å². The molecule has 0 aromatic heterocycles. The smallest absolute Gasteiger partial charge is 0.251 e. The average molecular weight is 368 g/mol. The van der Waals surface area contributed by atoms with Crippen molar-refractivity contribution in [1.82, 2.24) is 16.0 Å². The van der Waals surface area contributed by atoms with Crippen LogP contribution < -0.4 is 16.0 Å². The molecule has 5 nitrogen and oxygen atoms in total. The molecule has 0 aliphatic carbocycles. The molecule has 1 aliphatic heterocycles. The van der Waals surface area contributed by atoms with Gasteiger partial charge in [0.05, 0.1) is 0 Å². The first-order chi connectivity index (χ1) is 10.6. The number of carbonyl (C=O) groups excluding carboxylic acids is 2. The largest absolute Gasteiger partial charge is 0.352 e. The number of hydrogen-bond donors (Lipinski definition) is 3. The predicted molar refractivity (Wildman–Crippen MR) is 89.7 cm³/mol. The minimum Gasteiger partial charge on any atom is -0.352 e. The normalized spacial score (nSPS) is 21.2. The number of nitrogens with one attached hydrogen (secondary N) is 3. The van der Waals surface area contributed by atoms with Crippen molar-refractivity contribution in [2.45, 2.75) is 25.8 Å². The fraction of sp³-hybridized carbons (Fsp3) is 0.500. The Kier molecular flexibility index (Phi) is 6.39. The Morgan fingerprint density at radius 3 is 2.73 bits per heavy atom. The number of piperidine rings is 1. The second-order valence-corrected chi connectivity index (χ2v) is 6.57. The molecule has 2 unspecified atom stereocenters. The first-order valence-electron chi connectivity index (χ1n) is 7.60. The van der Waals surface area contributed by atoms with Crippen LogP contribution in [0.15, 0.2) is 28.7 Å². The van der Waals surface area contributed by atoms with Gasteiger partial charge in [0, 0.05) is 35.6 Å². The molecule has 2 rings (SSSR count). The monoisotopic (exact) mass is 367 g/mol. The number of amides is 2. The lowest BCUT2D eigenvalue weighted by atomic mass is 9.95. The Hall–Kier alpha value is -1.40. The van der Waals surface area contributed by atoms with Crippen molar-refractivity contribution in [3.05, 3.63) is 34.3 Å². The average Bonchev–Trinajstić information content (AvgIpc) is 2.50. The Morgan fingerprint density at radius 1 is 1.32 bits per heavy atom. The molecule has 2 atom stereocenters. The zero-order valence-electron chi connectivity index (χ0n) is 12.7. The minimum absolute atomic E-state index is 0.0170. The van der Waals surface area contributed by atoms with Gasteiger partial charge in [0.15, 0.2) is 0 Å². The highest BCUT2D eigenvalue weighted by Crippen LogP contribution is 2.11. The lowest BCUT2D eigenvalue weighted by Gasteiger charge is -2.30. The third kappa shape index (κ3) is 5.10. The van der Waals surface area contributed by atoms with Crippen LogP contribution in [0.2, 0.25) is 0 Å². The van der Waals surface area contributed by atoms with Gasteiger partial charge in [-0.15, -0.1) is 0 Å². The van der Waals surface area contributed by atoms with Gasteiger partial charge in [-0.25, -0.2) is 0 Å². The molecule has 1 fully saturated rings. The van der Waals surface area contributed by atoms with E-state index in [0.29, 0.717) is 24.4 Å². The standard InChI is InChI=1S/C16H22BrN3O2/c1-11-6-8-18-10-14(11)20-15(21)7-9-19-16(22)12-2-4-13(17)5-3-12/h2-5,11,14,18H,6-10H2,1H3,(H,19,22)(H,20,21). The maximum Gasteiger partial charge on any atom is 0.251 e. The number of rotatable bonds is 5. The molecule has 22 heavy (non-hydrogen) atoms. The summed E-state index contributed by atoms with van der Waals surface area (Å²) in [7, 11) is 0. The lowest BCUT2D eigenvalue weighted by molar-refractivity contribution is -0.122. The molecule has 6 heteroatoms. The highest BCUT2D eigenvalue weighted by molar-refractivity contribution is 9.10. The summed E-state index contributed by atoms with van der Waals surface area (Å²) < 4.78 is 0.929. The first kappa shape index (κ1) is 17.0. The van der Waals surface area contributed by atoms with Crippen molar-refractivity contribution in [2.75, 3.05) is 19.6 Å². The molecule has 1 aliphatic rings. The van der Waals surface area contributed by atoms with Crippen LogP contribution in [0, 0.1) is 5.92 Å². The number of carbonyl (C=O) groups is 2. The molecule has 2 amide bonds. The Labute approximate surface area is 139 Å². The van der Waals surface area contributed by atoms with E-state index in [0.717, 1.165) is 24.0 Å². The van der Waals surface area contributed by atoms with Gasteiger partial charge in [-0.1, -0.05) is 22.9 Å². The molecule has 1 aromatic rings. The van der Waals surface area contributed by atoms with Gasteiger partial charge in [0.25, 0.3) is 5.91 Å². The lowest BCUT2D eigenvalue weighted by Crippen LogP contribution is -2.50. The fourth-order valence-electron chi connectivity index (χ4n) is 2.45. The van der Waals surface area contributed by atoms with Crippen LogP contribution in [0.1, 0.15) is 30.1 Å². The molecular weight excluding hydrogens is 346 g/mol. The Morgan fingerprint density at radius 2 is 2.05 bits per heavy atom. The molecule has 1 saturated heterocycles. The van der Waals surface area contributed by atoms with Crippen molar-refractivity contribution < 1.29 is 9.59 Å². The predicted octanol–water partition coefficient (Wildman–Crippen LogP) is 1.68. The fourth-order valence-corrected chi connectivity index (χ4v) is 2.72. The van der Waals surface area contributed by atoms with E-state index in [1.807, 2.05) is 12.1 Å². The van der Waals surface area contributed by atoms with E-state index in [2.05, 4.69) is 38.8 Å². The van der Waals surface area contributed by atoms with Crippen LogP contribution in [-0.4, -0.2) is 37.5 Å². The van der Waals surface area contributed by atoms with Gasteiger partial charge in [0.2, 0.25) is 5.91 Å². The van der Waals surface area contributed by atoms with E-state index in [9.17, 15) is 9.59 Å². The van der Waals surface area contributed by atoms with Gasteiger partial charge >= 0.3 is 0 Å². The molecule has 0 saturated carbocycles. The summed E-state index contributed by atoms with van der Waals surface area (Å²) in [6.45, 7) is 4.32. The number of benzene rings is 1. The summed E-state index contributed by atoms with van der Waals surface area (Å²) in [5.74, 6) is 0.312. The van der Waals surface area contributed by atoms with E-state index in [1.54, 1.807) is 12.1 Å². The summed E-state index contributed by atoms with van der Waals surface area (Å²) in [5, 5.41) is 9.08. The van der Waals surface area contributed by atoms with E-state index < -0.39 is 0 Å². The molecule has 0 bridgehead atoms. The summed E-state index contributed by atoms with van der Waals surface area (Å²) in [6, 6.07) is 7.31. The van der Waals surface area contributed by atoms with E-state index in [4.69, 9.17) is 0 Å². The second-order valence-electron chi connectivity index (χ2n) is 5.66. The summed E-state index contributed by atoms with van der Waals surface area (Å²) in [6.07, 6.45) is 1.37. The van der Waals surface area contributed by atoms with Crippen LogP contribution in [0.4, 0.5) is 0 Å². The maximum atomic E-state index is 11.9. The van der Waals surface area contributed by atoms with Crippen molar-refractivity contribution in [1.29, 1.82) is 0 Å². The van der Waals surface area contributed by atoms with Crippen LogP contribution >= 0.6 is 15.9 Å². The van der Waals surface area contributed by atoms with Crippen LogP contribution in [0.25, 0.3) is 0 Å². The van der Waals surface area contributed by atoms with Gasteiger partial charge in [-0.2, -0.15) is 0 Å². The quantitative estimate of drug-likeness (QED) is 0.741. The third-order valence-electron chi connectivity index (χ3n) is 3.92. The molecular formula is C16H22BrN3O2. The van der Waals surface area contributed by atoms with Gasteiger partial charge in [-0.3, -0.25) is 9.59 Å². The third-order valence-corrected chi connectivity index (χ3v) is 4.45. The molecule has 1 heterocycles. The van der Waals surface area contributed by atoms with Gasteiger partial charge in [0.1, 0.15) is 0 Å². The molecule has 3 N–H and O–H groups in total. The van der Waals surface area contributed by atoms with E-state index in [1.165, 1.54) is 0 Å². The summed E-state index contributed by atoms with van der Waals surface area (Å²) in [4.78, 5) is 23.8. The van der Waals surface area contributed by atoms with E-state index in [-0.39, 0.29) is 17.9 Å². The first-order valence-corrected chi connectivity index (χ1v) is 8.39. The van der Waals surface area contributed by atoms with Crippen molar-refractivity contribution in [2.24, 2.45) is 5.92 Å². The SMILES string of the molecule is CC1CCNCC1NC(=O)CCNC(=O)c1ccc(Br)cc1. The molecule has 0 radical (unpaired) electrons. The Balaban J connectivity index is 1.70. The number of halogens is 1. The van der Waals surface area contributed by atoms with Crippen molar-refractivity contribution >= 4 is 27.7 Å². The molecule has 0 spiro atoms. The van der Waals surface area contributed by atoms with Crippen molar-refractivity contribution in [3.63, 3.8) is 0 Å². The van der Waals surface area contributed by atoms with Crippen LogP contribution in [-0.2, 0) is 4.79 Å². The second kappa shape index (κ2) is 8.29.